The molecule has 0 saturated heterocycles. The van der Waals surface area contributed by atoms with Gasteiger partial charge in [0.25, 0.3) is 0 Å². The molecule has 21 heavy (non-hydrogen) atoms. The SMILES string of the molecule is O=C(O)c1cccc(Oc2ccc(F)cc2Br)c1[N+](=O)[O-]. The van der Waals surface area contributed by atoms with Crippen LogP contribution in [0.4, 0.5) is 10.1 Å². The predicted octanol–water partition coefficient (Wildman–Crippen LogP) is 3.99. The molecule has 8 heteroatoms. The number of carboxylic acid groups (broad SMARTS) is 1. The summed E-state index contributed by atoms with van der Waals surface area (Å²) in [5, 5.41) is 20.0. The van der Waals surface area contributed by atoms with Gasteiger partial charge >= 0.3 is 11.7 Å². The molecule has 0 aliphatic rings. The maximum absolute atomic E-state index is 13.0. The van der Waals surface area contributed by atoms with Gasteiger partial charge in [-0.15, -0.1) is 0 Å². The Morgan fingerprint density at radius 3 is 2.57 bits per heavy atom. The predicted molar refractivity (Wildman–Crippen MR) is 74.2 cm³/mol. The molecule has 0 radical (unpaired) electrons. The minimum atomic E-state index is -1.44. The van der Waals surface area contributed by atoms with Gasteiger partial charge in [0.2, 0.25) is 5.75 Å². The Balaban J connectivity index is 2.51. The van der Waals surface area contributed by atoms with Gasteiger partial charge in [0.1, 0.15) is 17.1 Å². The summed E-state index contributed by atoms with van der Waals surface area (Å²) >= 11 is 3.06. The first kappa shape index (κ1) is 14.9. The van der Waals surface area contributed by atoms with Gasteiger partial charge in [-0.1, -0.05) is 6.07 Å². The minimum absolute atomic E-state index is 0.127. The van der Waals surface area contributed by atoms with Crippen molar-refractivity contribution in [3.63, 3.8) is 0 Å². The van der Waals surface area contributed by atoms with Crippen molar-refractivity contribution in [3.8, 4) is 11.5 Å². The van der Waals surface area contributed by atoms with Gasteiger partial charge in [0.05, 0.1) is 9.40 Å². The van der Waals surface area contributed by atoms with Crippen LogP contribution in [0.3, 0.4) is 0 Å². The number of nitro benzene ring substituents is 1. The summed E-state index contributed by atoms with van der Waals surface area (Å²) < 4.78 is 18.6. The highest BCUT2D eigenvalue weighted by Gasteiger charge is 2.26. The van der Waals surface area contributed by atoms with Gasteiger partial charge < -0.3 is 9.84 Å². The summed E-state index contributed by atoms with van der Waals surface area (Å²) in [4.78, 5) is 21.3. The van der Waals surface area contributed by atoms with Gasteiger partial charge in [-0.2, -0.15) is 0 Å². The molecule has 6 nitrogen and oxygen atoms in total. The molecule has 2 rings (SSSR count). The summed E-state index contributed by atoms with van der Waals surface area (Å²) in [5.41, 5.74) is -1.16. The summed E-state index contributed by atoms with van der Waals surface area (Å²) in [6.45, 7) is 0. The molecular weight excluding hydrogens is 349 g/mol. The smallest absolute Gasteiger partial charge is 0.342 e. The fourth-order valence-electron chi connectivity index (χ4n) is 1.64. The summed E-state index contributed by atoms with van der Waals surface area (Å²) in [6.07, 6.45) is 0. The van der Waals surface area contributed by atoms with Crippen molar-refractivity contribution in [1.29, 1.82) is 0 Å². The number of aromatic carboxylic acids is 1. The lowest BCUT2D eigenvalue weighted by Crippen LogP contribution is -2.04. The number of carboxylic acids is 1. The van der Waals surface area contributed by atoms with Gasteiger partial charge in [-0.25, -0.2) is 9.18 Å². The lowest BCUT2D eigenvalue weighted by Gasteiger charge is -2.09. The normalized spacial score (nSPS) is 10.2. The summed E-state index contributed by atoms with van der Waals surface area (Å²) in [7, 11) is 0. The molecule has 108 valence electrons. The number of para-hydroxylation sites is 1. The Kier molecular flexibility index (Phi) is 4.18. The molecule has 0 amide bonds. The van der Waals surface area contributed by atoms with Crippen molar-refractivity contribution in [3.05, 3.63) is 62.4 Å². The number of rotatable bonds is 4. The third-order valence-corrected chi connectivity index (χ3v) is 3.15. The van der Waals surface area contributed by atoms with E-state index in [0.717, 1.165) is 18.2 Å². The lowest BCUT2D eigenvalue weighted by atomic mass is 10.1. The van der Waals surface area contributed by atoms with E-state index in [4.69, 9.17) is 9.84 Å². The van der Waals surface area contributed by atoms with Crippen LogP contribution in [0.1, 0.15) is 10.4 Å². The van der Waals surface area contributed by atoms with Crippen molar-refractivity contribution in [1.82, 2.24) is 0 Å². The van der Waals surface area contributed by atoms with Crippen LogP contribution in [0.2, 0.25) is 0 Å². The highest BCUT2D eigenvalue weighted by Crippen LogP contribution is 2.37. The minimum Gasteiger partial charge on any atom is -0.477 e. The van der Waals surface area contributed by atoms with Crippen molar-refractivity contribution >= 4 is 27.6 Å². The monoisotopic (exact) mass is 355 g/mol. The molecule has 0 aliphatic heterocycles. The topological polar surface area (TPSA) is 89.7 Å². The Morgan fingerprint density at radius 1 is 1.29 bits per heavy atom. The molecule has 0 fully saturated rings. The second-order valence-electron chi connectivity index (χ2n) is 3.89. The quantitative estimate of drug-likeness (QED) is 0.661. The van der Waals surface area contributed by atoms with E-state index in [-0.39, 0.29) is 16.0 Å². The number of nitro groups is 1. The molecule has 0 heterocycles. The van der Waals surface area contributed by atoms with Crippen LogP contribution in [-0.2, 0) is 0 Å². The van der Waals surface area contributed by atoms with E-state index in [2.05, 4.69) is 15.9 Å². The molecular formula is C13H7BrFNO5. The van der Waals surface area contributed by atoms with Crippen molar-refractivity contribution in [2.45, 2.75) is 0 Å². The molecule has 0 aromatic heterocycles. The second kappa shape index (κ2) is 5.88. The van der Waals surface area contributed by atoms with Crippen molar-refractivity contribution < 1.29 is 24.0 Å². The van der Waals surface area contributed by atoms with Crippen LogP contribution in [0.5, 0.6) is 11.5 Å². The Labute approximate surface area is 126 Å². The zero-order valence-electron chi connectivity index (χ0n) is 10.2. The summed E-state index contributed by atoms with van der Waals surface area (Å²) in [6, 6.07) is 7.21. The number of ether oxygens (including phenoxy) is 1. The number of nitrogens with zero attached hydrogens (tertiary/aromatic N) is 1. The fraction of sp³-hybridized carbons (Fsp3) is 0. The van der Waals surface area contributed by atoms with Crippen LogP contribution in [0, 0.1) is 15.9 Å². The van der Waals surface area contributed by atoms with Crippen LogP contribution >= 0.6 is 15.9 Å². The van der Waals surface area contributed by atoms with E-state index < -0.39 is 28.0 Å². The van der Waals surface area contributed by atoms with Gasteiger partial charge in [-0.05, 0) is 46.3 Å². The number of benzene rings is 2. The van der Waals surface area contributed by atoms with E-state index in [9.17, 15) is 19.3 Å². The standard InChI is InChI=1S/C13H7BrFNO5/c14-9-6-7(15)4-5-10(9)21-11-3-1-2-8(13(17)18)12(11)16(19)20/h1-6H,(H,17,18). The van der Waals surface area contributed by atoms with Gasteiger partial charge in [-0.3, -0.25) is 10.1 Å². The van der Waals surface area contributed by atoms with Gasteiger partial charge in [0, 0.05) is 0 Å². The summed E-state index contributed by atoms with van der Waals surface area (Å²) in [5.74, 6) is -2.07. The largest absolute Gasteiger partial charge is 0.477 e. The van der Waals surface area contributed by atoms with Crippen LogP contribution in [-0.4, -0.2) is 16.0 Å². The molecule has 0 saturated carbocycles. The Bertz CT molecular complexity index is 734. The Morgan fingerprint density at radius 2 is 2.00 bits per heavy atom. The number of carbonyl (C=O) groups is 1. The van der Waals surface area contributed by atoms with Crippen LogP contribution in [0.15, 0.2) is 40.9 Å². The molecule has 0 unspecified atom stereocenters. The maximum Gasteiger partial charge on any atom is 0.342 e. The van der Waals surface area contributed by atoms with Crippen LogP contribution < -0.4 is 4.74 Å². The zero-order valence-corrected chi connectivity index (χ0v) is 11.8. The third kappa shape index (κ3) is 3.16. The van der Waals surface area contributed by atoms with Crippen LogP contribution in [0.25, 0.3) is 0 Å². The first-order chi connectivity index (χ1) is 9.90. The van der Waals surface area contributed by atoms with Crippen molar-refractivity contribution in [2.75, 3.05) is 0 Å². The molecule has 1 N–H and O–H groups in total. The first-order valence-corrected chi connectivity index (χ1v) is 6.33. The van der Waals surface area contributed by atoms with Crippen molar-refractivity contribution in [2.24, 2.45) is 0 Å². The highest BCUT2D eigenvalue weighted by atomic mass is 79.9. The molecule has 0 atom stereocenters. The molecule has 2 aromatic rings. The van der Waals surface area contributed by atoms with E-state index in [1.807, 2.05) is 0 Å². The number of hydrogen-bond donors (Lipinski definition) is 1. The highest BCUT2D eigenvalue weighted by molar-refractivity contribution is 9.10. The second-order valence-corrected chi connectivity index (χ2v) is 4.75. The molecule has 0 spiro atoms. The maximum atomic E-state index is 13.0. The number of hydrogen-bond acceptors (Lipinski definition) is 4. The molecule has 2 aromatic carbocycles. The average molecular weight is 356 g/mol. The third-order valence-electron chi connectivity index (χ3n) is 2.53. The average Bonchev–Trinajstić information content (AvgIpc) is 2.41. The van der Waals surface area contributed by atoms with E-state index in [1.165, 1.54) is 18.2 Å². The fourth-order valence-corrected chi connectivity index (χ4v) is 2.07. The Hall–Kier alpha value is -2.48. The van der Waals surface area contributed by atoms with Gasteiger partial charge in [0.15, 0.2) is 0 Å². The zero-order chi connectivity index (χ0) is 15.6. The molecule has 0 aliphatic carbocycles. The van der Waals surface area contributed by atoms with E-state index in [1.54, 1.807) is 0 Å². The molecule has 0 bridgehead atoms. The number of halogens is 2. The lowest BCUT2D eigenvalue weighted by molar-refractivity contribution is -0.386. The van der Waals surface area contributed by atoms with E-state index >= 15 is 0 Å². The first-order valence-electron chi connectivity index (χ1n) is 5.53. The van der Waals surface area contributed by atoms with E-state index in [0.29, 0.717) is 0 Å².